The fraction of sp³-hybridized carbons (Fsp3) is 0.143. The number of aliphatic carboxylic acids is 1. The lowest BCUT2D eigenvalue weighted by atomic mass is 9.91. The molecule has 2 N–H and O–H groups in total. The summed E-state index contributed by atoms with van der Waals surface area (Å²) >= 11 is 0. The highest BCUT2D eigenvalue weighted by Gasteiger charge is 2.33. The molecule has 1 aromatic heterocycles. The second kappa shape index (κ2) is 6.90. The van der Waals surface area contributed by atoms with E-state index in [0.29, 0.717) is 11.1 Å². The van der Waals surface area contributed by atoms with Crippen molar-refractivity contribution in [3.05, 3.63) is 75.1 Å². The van der Waals surface area contributed by atoms with Gasteiger partial charge in [0.1, 0.15) is 11.3 Å². The maximum Gasteiger partial charge on any atom is 0.371 e. The molecule has 1 aliphatic rings. The summed E-state index contributed by atoms with van der Waals surface area (Å²) in [6.45, 7) is 0. The Hall–Kier alpha value is -3.94. The van der Waals surface area contributed by atoms with E-state index in [1.807, 2.05) is 0 Å². The van der Waals surface area contributed by atoms with Crippen molar-refractivity contribution in [3.63, 3.8) is 0 Å². The standard InChI is InChI=1S/C21H14O8/c22-12-8-16(20(24)25)28-14-5-1-3-10(18(12)14)7-11-4-2-6-15-19(11)13(23)9-17(29-15)21(26)27/h1-6,8,17H,7,9H2,(H,24,25)(H,26,27). The number of aromatic carboxylic acids is 1. The molecular formula is C21H14O8. The summed E-state index contributed by atoms with van der Waals surface area (Å²) < 4.78 is 10.7. The van der Waals surface area contributed by atoms with Crippen molar-refractivity contribution in [2.24, 2.45) is 0 Å². The van der Waals surface area contributed by atoms with Crippen molar-refractivity contribution in [2.75, 3.05) is 0 Å². The van der Waals surface area contributed by atoms with Gasteiger partial charge in [-0.15, -0.1) is 0 Å². The third-order valence-electron chi connectivity index (χ3n) is 4.74. The molecule has 8 nitrogen and oxygen atoms in total. The van der Waals surface area contributed by atoms with Gasteiger partial charge in [0.2, 0.25) is 11.9 Å². The van der Waals surface area contributed by atoms with E-state index in [4.69, 9.17) is 19.4 Å². The minimum absolute atomic E-state index is 0.130. The second-order valence-corrected chi connectivity index (χ2v) is 6.61. The maximum atomic E-state index is 12.6. The Bertz CT molecular complexity index is 1240. The lowest BCUT2D eigenvalue weighted by Crippen LogP contribution is -2.34. The van der Waals surface area contributed by atoms with Crippen LogP contribution in [0.5, 0.6) is 5.75 Å². The Morgan fingerprint density at radius 3 is 2.48 bits per heavy atom. The lowest BCUT2D eigenvalue weighted by Gasteiger charge is -2.24. The molecular weight excluding hydrogens is 380 g/mol. The molecule has 1 aliphatic heterocycles. The predicted molar refractivity (Wildman–Crippen MR) is 99.7 cm³/mol. The monoisotopic (exact) mass is 394 g/mol. The second-order valence-electron chi connectivity index (χ2n) is 6.61. The number of carbonyl (C=O) groups excluding carboxylic acids is 1. The van der Waals surface area contributed by atoms with Crippen molar-refractivity contribution in [1.82, 2.24) is 0 Å². The van der Waals surface area contributed by atoms with Crippen LogP contribution in [0.15, 0.2) is 51.7 Å². The number of Topliss-reactive ketones (excluding diaryl/α,β-unsaturated/α-hetero) is 1. The number of hydrogen-bond donors (Lipinski definition) is 2. The maximum absolute atomic E-state index is 12.6. The van der Waals surface area contributed by atoms with Crippen molar-refractivity contribution < 1.29 is 33.8 Å². The van der Waals surface area contributed by atoms with Crippen LogP contribution in [0.25, 0.3) is 11.0 Å². The average Bonchev–Trinajstić information content (AvgIpc) is 2.67. The Balaban J connectivity index is 1.80. The number of benzene rings is 2. The van der Waals surface area contributed by atoms with Crippen LogP contribution in [0, 0.1) is 0 Å². The first-order valence-electron chi connectivity index (χ1n) is 8.68. The molecule has 0 spiro atoms. The van der Waals surface area contributed by atoms with Crippen LogP contribution in [0.1, 0.15) is 38.5 Å². The molecule has 0 bridgehead atoms. The van der Waals surface area contributed by atoms with Gasteiger partial charge in [-0.3, -0.25) is 9.59 Å². The molecule has 1 atom stereocenters. The topological polar surface area (TPSA) is 131 Å². The molecule has 29 heavy (non-hydrogen) atoms. The van der Waals surface area contributed by atoms with Crippen LogP contribution in [0.4, 0.5) is 0 Å². The number of fused-ring (bicyclic) bond motifs is 2. The van der Waals surface area contributed by atoms with Gasteiger partial charge in [0.25, 0.3) is 0 Å². The van der Waals surface area contributed by atoms with E-state index in [0.717, 1.165) is 6.07 Å². The molecule has 0 fully saturated rings. The molecule has 4 rings (SSSR count). The number of carboxylic acids is 2. The average molecular weight is 394 g/mol. The number of ether oxygens (including phenoxy) is 1. The first kappa shape index (κ1) is 18.4. The Kier molecular flexibility index (Phi) is 4.38. The van der Waals surface area contributed by atoms with E-state index in [1.54, 1.807) is 24.3 Å². The molecule has 8 heteroatoms. The van der Waals surface area contributed by atoms with Gasteiger partial charge < -0.3 is 19.4 Å². The molecule has 146 valence electrons. The van der Waals surface area contributed by atoms with E-state index >= 15 is 0 Å². The first-order chi connectivity index (χ1) is 13.8. The summed E-state index contributed by atoms with van der Waals surface area (Å²) in [5.74, 6) is -3.18. The highest BCUT2D eigenvalue weighted by Crippen LogP contribution is 2.32. The molecule has 1 unspecified atom stereocenters. The fourth-order valence-corrected chi connectivity index (χ4v) is 3.48. The van der Waals surface area contributed by atoms with Gasteiger partial charge in [-0.25, -0.2) is 9.59 Å². The van der Waals surface area contributed by atoms with Crippen molar-refractivity contribution in [3.8, 4) is 5.75 Å². The van der Waals surface area contributed by atoms with Gasteiger partial charge in [0, 0.05) is 6.07 Å². The van der Waals surface area contributed by atoms with Crippen molar-refractivity contribution in [1.29, 1.82) is 0 Å². The third kappa shape index (κ3) is 3.25. The van der Waals surface area contributed by atoms with Gasteiger partial charge in [-0.2, -0.15) is 0 Å². The van der Waals surface area contributed by atoms with Crippen LogP contribution < -0.4 is 10.2 Å². The number of ketones is 1. The van der Waals surface area contributed by atoms with Crippen LogP contribution in [0.2, 0.25) is 0 Å². The lowest BCUT2D eigenvalue weighted by molar-refractivity contribution is -0.145. The van der Waals surface area contributed by atoms with Gasteiger partial charge in [0.15, 0.2) is 11.2 Å². The summed E-state index contributed by atoms with van der Waals surface area (Å²) in [7, 11) is 0. The number of hydrogen-bond acceptors (Lipinski definition) is 6. The highest BCUT2D eigenvalue weighted by atomic mass is 16.5. The normalized spacial score (nSPS) is 15.6. The Morgan fingerprint density at radius 2 is 1.76 bits per heavy atom. The zero-order chi connectivity index (χ0) is 20.7. The van der Waals surface area contributed by atoms with E-state index in [2.05, 4.69) is 0 Å². The number of carboxylic acid groups (broad SMARTS) is 2. The van der Waals surface area contributed by atoms with Crippen LogP contribution in [0.3, 0.4) is 0 Å². The minimum Gasteiger partial charge on any atom is -0.478 e. The zero-order valence-corrected chi connectivity index (χ0v) is 14.9. The van der Waals surface area contributed by atoms with E-state index in [9.17, 15) is 19.2 Å². The highest BCUT2D eigenvalue weighted by molar-refractivity contribution is 6.03. The molecule has 3 aromatic rings. The number of rotatable bonds is 4. The first-order valence-corrected chi connectivity index (χ1v) is 8.68. The fourth-order valence-electron chi connectivity index (χ4n) is 3.48. The minimum atomic E-state index is -1.35. The summed E-state index contributed by atoms with van der Waals surface area (Å²) in [5, 5.41) is 18.4. The predicted octanol–water partition coefficient (Wildman–Crippen LogP) is 2.50. The van der Waals surface area contributed by atoms with Crippen LogP contribution in [-0.2, 0) is 11.2 Å². The van der Waals surface area contributed by atoms with E-state index in [1.165, 1.54) is 12.1 Å². The molecule has 0 radical (unpaired) electrons. The molecule has 0 saturated carbocycles. The van der Waals surface area contributed by atoms with Crippen molar-refractivity contribution in [2.45, 2.75) is 18.9 Å². The summed E-state index contributed by atoms with van der Waals surface area (Å²) in [4.78, 5) is 47.4. The third-order valence-corrected chi connectivity index (χ3v) is 4.74. The molecule has 2 heterocycles. The number of carbonyl (C=O) groups is 3. The molecule has 0 aliphatic carbocycles. The van der Waals surface area contributed by atoms with E-state index in [-0.39, 0.29) is 40.9 Å². The zero-order valence-electron chi connectivity index (χ0n) is 14.9. The Morgan fingerprint density at radius 1 is 1.03 bits per heavy atom. The summed E-state index contributed by atoms with van der Waals surface area (Å²) in [6.07, 6.45) is -1.33. The van der Waals surface area contributed by atoms with Gasteiger partial charge >= 0.3 is 11.9 Å². The van der Waals surface area contributed by atoms with Gasteiger partial charge in [-0.05, 0) is 29.7 Å². The molecule has 2 aromatic carbocycles. The smallest absolute Gasteiger partial charge is 0.371 e. The molecule has 0 saturated heterocycles. The SMILES string of the molecule is O=C(O)c1cc(=O)c2c(Cc3cccc4c3C(=O)CC(C(=O)O)O4)cccc2o1. The van der Waals surface area contributed by atoms with Gasteiger partial charge in [0.05, 0.1) is 17.4 Å². The molecule has 0 amide bonds. The Labute approximate surface area is 163 Å². The largest absolute Gasteiger partial charge is 0.478 e. The quantitative estimate of drug-likeness (QED) is 0.690. The van der Waals surface area contributed by atoms with Crippen LogP contribution >= 0.6 is 0 Å². The summed E-state index contributed by atoms with van der Waals surface area (Å²) in [5.41, 5.74) is 1.04. The van der Waals surface area contributed by atoms with Crippen molar-refractivity contribution >= 4 is 28.7 Å². The van der Waals surface area contributed by atoms with Crippen LogP contribution in [-0.4, -0.2) is 34.0 Å². The van der Waals surface area contributed by atoms with Gasteiger partial charge in [-0.1, -0.05) is 24.3 Å². The summed E-state index contributed by atoms with van der Waals surface area (Å²) in [6, 6.07) is 10.6. The van der Waals surface area contributed by atoms with E-state index < -0.39 is 29.2 Å².